The summed E-state index contributed by atoms with van der Waals surface area (Å²) in [5.74, 6) is 0.214. The van der Waals surface area contributed by atoms with Crippen LogP contribution >= 0.6 is 11.3 Å². The molecule has 10 nitrogen and oxygen atoms in total. The molecule has 0 unspecified atom stereocenters. The smallest absolute Gasteiger partial charge is 0.251 e. The molecule has 3 aromatic rings. The highest BCUT2D eigenvalue weighted by molar-refractivity contribution is 7.10. The average Bonchev–Trinajstić information content (AvgIpc) is 3.57. The lowest BCUT2D eigenvalue weighted by Gasteiger charge is -2.38. The summed E-state index contributed by atoms with van der Waals surface area (Å²) in [6.45, 7) is 0.927. The van der Waals surface area contributed by atoms with Crippen LogP contribution in [-0.4, -0.2) is 59.8 Å². The van der Waals surface area contributed by atoms with Gasteiger partial charge in [-0.3, -0.25) is 19.8 Å². The first-order valence-corrected chi connectivity index (χ1v) is 13.4. The monoisotopic (exact) mass is 547 g/mol. The largest absolute Gasteiger partial charge is 0.457 e. The number of thiophene rings is 1. The van der Waals surface area contributed by atoms with Crippen molar-refractivity contribution in [3.63, 3.8) is 0 Å². The van der Waals surface area contributed by atoms with E-state index in [9.17, 15) is 14.4 Å². The summed E-state index contributed by atoms with van der Waals surface area (Å²) in [6, 6.07) is 17.0. The number of nitrogens with one attached hydrogen (secondary N) is 3. The lowest BCUT2D eigenvalue weighted by molar-refractivity contribution is -0.145. The van der Waals surface area contributed by atoms with E-state index in [1.165, 1.54) is 16.2 Å². The molecule has 0 aliphatic carbocycles. The lowest BCUT2D eigenvalue weighted by Crippen LogP contribution is -2.50. The highest BCUT2D eigenvalue weighted by atomic mass is 32.1. The van der Waals surface area contributed by atoms with Crippen LogP contribution in [0.5, 0.6) is 11.5 Å². The van der Waals surface area contributed by atoms with Crippen molar-refractivity contribution in [2.24, 2.45) is 5.73 Å². The summed E-state index contributed by atoms with van der Waals surface area (Å²) in [5, 5.41) is 14.8. The summed E-state index contributed by atoms with van der Waals surface area (Å²) < 4.78 is 11.5. The minimum Gasteiger partial charge on any atom is -0.457 e. The highest BCUT2D eigenvalue weighted by Gasteiger charge is 2.52. The third-order valence-corrected chi connectivity index (χ3v) is 7.82. The van der Waals surface area contributed by atoms with Crippen LogP contribution < -0.4 is 21.1 Å². The van der Waals surface area contributed by atoms with Gasteiger partial charge in [-0.15, -0.1) is 11.3 Å². The number of amides is 3. The number of ether oxygens (including phenoxy) is 2. The van der Waals surface area contributed by atoms with Crippen molar-refractivity contribution in [3.05, 3.63) is 82.0 Å². The number of hydrogen-bond donors (Lipinski definition) is 4. The number of nitrogens with two attached hydrogens (primary N) is 1. The molecular formula is C28H29N5O5S. The zero-order valence-electron chi connectivity index (χ0n) is 21.1. The number of para-hydroxylation sites is 1. The lowest BCUT2D eigenvalue weighted by atomic mass is 9.92. The van der Waals surface area contributed by atoms with E-state index in [2.05, 4.69) is 10.6 Å². The third kappa shape index (κ3) is 6.10. The number of likely N-dealkylation sites (tertiary alicyclic amines) is 1. The van der Waals surface area contributed by atoms with Gasteiger partial charge < -0.3 is 30.7 Å². The minimum absolute atomic E-state index is 0.0287. The molecule has 2 fully saturated rings. The number of nitrogen functional groups attached to an aromatic ring is 1. The van der Waals surface area contributed by atoms with Gasteiger partial charge >= 0.3 is 0 Å². The molecule has 202 valence electrons. The number of carbonyl (C=O) groups is 3. The molecule has 2 atom stereocenters. The molecule has 5 N–H and O–H groups in total. The molecule has 2 aliphatic rings. The van der Waals surface area contributed by atoms with Crippen LogP contribution in [0, 0.1) is 5.41 Å². The van der Waals surface area contributed by atoms with Crippen LogP contribution in [0.1, 0.15) is 33.6 Å². The van der Waals surface area contributed by atoms with E-state index >= 15 is 0 Å². The molecule has 3 heterocycles. The first-order chi connectivity index (χ1) is 18.8. The van der Waals surface area contributed by atoms with Crippen molar-refractivity contribution < 1.29 is 23.9 Å². The summed E-state index contributed by atoms with van der Waals surface area (Å²) in [6.07, 6.45) is 1.18. The first kappa shape index (κ1) is 26.4. The Labute approximate surface area is 229 Å². The molecule has 0 radical (unpaired) electrons. The van der Waals surface area contributed by atoms with Gasteiger partial charge in [-0.25, -0.2) is 0 Å². The fraction of sp³-hybridized carbons (Fsp3) is 0.286. The second-order valence-corrected chi connectivity index (χ2v) is 10.6. The number of benzene rings is 2. The molecule has 1 spiro atoms. The van der Waals surface area contributed by atoms with Gasteiger partial charge in [-0.1, -0.05) is 18.2 Å². The zero-order chi connectivity index (χ0) is 27.4. The highest BCUT2D eigenvalue weighted by Crippen LogP contribution is 2.39. The number of hydrogen-bond acceptors (Lipinski definition) is 7. The Hall–Kier alpha value is -4.22. The molecule has 0 saturated carbocycles. The average molecular weight is 548 g/mol. The van der Waals surface area contributed by atoms with E-state index in [1.54, 1.807) is 35.7 Å². The Kier molecular flexibility index (Phi) is 7.62. The molecule has 0 bridgehead atoms. The summed E-state index contributed by atoms with van der Waals surface area (Å²) in [4.78, 5) is 41.3. The van der Waals surface area contributed by atoms with Crippen LogP contribution in [0.4, 0.5) is 0 Å². The topological polar surface area (TPSA) is 147 Å². The van der Waals surface area contributed by atoms with E-state index in [-0.39, 0.29) is 30.7 Å². The Bertz CT molecular complexity index is 1370. The summed E-state index contributed by atoms with van der Waals surface area (Å²) in [7, 11) is 0. The predicted molar refractivity (Wildman–Crippen MR) is 146 cm³/mol. The SMILES string of the molecule is N=C(N)c1csc(CNC(=O)[C@@H]2C[C@@]3(CCO3)CN2C(=O)CNC(=O)c2ccc(Oc3ccccc3)cc2)c1. The second kappa shape index (κ2) is 11.3. The molecule has 2 saturated heterocycles. The molecule has 1 aromatic heterocycles. The molecular weight excluding hydrogens is 518 g/mol. The van der Waals surface area contributed by atoms with Crippen LogP contribution in [0.15, 0.2) is 66.0 Å². The maximum absolute atomic E-state index is 13.2. The summed E-state index contributed by atoms with van der Waals surface area (Å²) >= 11 is 1.40. The number of amidine groups is 1. The minimum atomic E-state index is -0.698. The number of nitrogens with zero attached hydrogens (tertiary/aromatic N) is 1. The van der Waals surface area contributed by atoms with Gasteiger partial charge in [0.2, 0.25) is 11.8 Å². The van der Waals surface area contributed by atoms with Gasteiger partial charge in [0, 0.05) is 34.2 Å². The molecule has 3 amide bonds. The van der Waals surface area contributed by atoms with E-state index in [1.807, 2.05) is 30.3 Å². The number of carbonyl (C=O) groups excluding carboxylic acids is 3. The van der Waals surface area contributed by atoms with Crippen LogP contribution in [0.3, 0.4) is 0 Å². The maximum atomic E-state index is 13.2. The quantitative estimate of drug-likeness (QED) is 0.239. The van der Waals surface area contributed by atoms with Crippen molar-refractivity contribution in [2.45, 2.75) is 31.0 Å². The zero-order valence-corrected chi connectivity index (χ0v) is 22.0. The molecule has 39 heavy (non-hydrogen) atoms. The Morgan fingerprint density at radius 1 is 1.08 bits per heavy atom. The van der Waals surface area contributed by atoms with Crippen molar-refractivity contribution in [2.75, 3.05) is 19.7 Å². The molecule has 5 rings (SSSR count). The van der Waals surface area contributed by atoms with Crippen LogP contribution in [-0.2, 0) is 20.9 Å². The first-order valence-electron chi connectivity index (χ1n) is 12.6. The molecule has 2 aliphatic heterocycles. The van der Waals surface area contributed by atoms with Crippen LogP contribution in [0.2, 0.25) is 0 Å². The fourth-order valence-corrected chi connectivity index (χ4v) is 5.51. The van der Waals surface area contributed by atoms with Gasteiger partial charge in [0.1, 0.15) is 23.4 Å². The standard InChI is InChI=1S/C28H29N5O5S/c29-25(30)19-12-22(39-16-19)14-31-27(36)23-13-28(10-11-37-28)17-33(23)24(34)15-32-26(35)18-6-8-21(9-7-18)38-20-4-2-1-3-5-20/h1-9,12,16,23H,10-11,13-15,17H2,(H3,29,30)(H,31,36)(H,32,35)/t23-,28-/m0/s1. The second-order valence-electron chi connectivity index (χ2n) is 9.58. The van der Waals surface area contributed by atoms with Gasteiger partial charge in [-0.2, -0.15) is 0 Å². The molecule has 2 aromatic carbocycles. The number of rotatable bonds is 9. The Morgan fingerprint density at radius 3 is 2.44 bits per heavy atom. The third-order valence-electron chi connectivity index (χ3n) is 6.89. The van der Waals surface area contributed by atoms with E-state index in [4.69, 9.17) is 20.6 Å². The fourth-order valence-electron chi connectivity index (χ4n) is 4.69. The molecule has 11 heteroatoms. The van der Waals surface area contributed by atoms with E-state index in [0.717, 1.165) is 11.3 Å². The van der Waals surface area contributed by atoms with E-state index < -0.39 is 17.6 Å². The normalized spacial score (nSPS) is 19.8. The Morgan fingerprint density at radius 2 is 1.79 bits per heavy atom. The van der Waals surface area contributed by atoms with Crippen molar-refractivity contribution >= 4 is 34.9 Å². The van der Waals surface area contributed by atoms with Gasteiger partial charge in [0.05, 0.1) is 31.8 Å². The Balaban J connectivity index is 1.16. The summed E-state index contributed by atoms with van der Waals surface area (Å²) in [5.41, 5.74) is 6.00. The van der Waals surface area contributed by atoms with Gasteiger partial charge in [-0.05, 0) is 42.5 Å². The van der Waals surface area contributed by atoms with Gasteiger partial charge in [0.25, 0.3) is 5.91 Å². The predicted octanol–water partition coefficient (Wildman–Crippen LogP) is 2.63. The van der Waals surface area contributed by atoms with Crippen molar-refractivity contribution in [1.29, 1.82) is 5.41 Å². The van der Waals surface area contributed by atoms with Crippen molar-refractivity contribution in [3.8, 4) is 11.5 Å². The van der Waals surface area contributed by atoms with Gasteiger partial charge in [0.15, 0.2) is 0 Å². The van der Waals surface area contributed by atoms with Crippen molar-refractivity contribution in [1.82, 2.24) is 15.5 Å². The van der Waals surface area contributed by atoms with E-state index in [0.29, 0.717) is 42.2 Å². The van der Waals surface area contributed by atoms with Crippen LogP contribution in [0.25, 0.3) is 0 Å². The maximum Gasteiger partial charge on any atom is 0.251 e.